The summed E-state index contributed by atoms with van der Waals surface area (Å²) in [6, 6.07) is 22.1. The van der Waals surface area contributed by atoms with Gasteiger partial charge >= 0.3 is 0 Å². The largest absolute Gasteiger partial charge is 0.507 e. The molecule has 3 aromatic carbocycles. The van der Waals surface area contributed by atoms with E-state index in [9.17, 15) is 5.11 Å². The number of hydrogen-bond donors (Lipinski definition) is 1. The number of phenolic OH excluding ortho intramolecular Hbond substituents is 1. The van der Waals surface area contributed by atoms with Crippen LogP contribution in [0.25, 0.3) is 42.6 Å². The molecule has 0 radical (unpaired) electrons. The molecule has 0 atom stereocenters. The predicted molar refractivity (Wildman–Crippen MR) is 112 cm³/mol. The molecule has 1 N–H and O–H groups in total. The van der Waals surface area contributed by atoms with Gasteiger partial charge in [0.1, 0.15) is 5.75 Å². The number of benzene rings is 3. The standard InChI is InChI=1S/C22H13ClN2OS/c23-22-24-11-10-18(25-22)17-12-13(8-9-19(17)26)14-5-3-6-16-15-4-1-2-7-20(15)27-21(14)16/h1-12,26H. The van der Waals surface area contributed by atoms with Gasteiger partial charge in [-0.1, -0.05) is 42.5 Å². The van der Waals surface area contributed by atoms with Crippen LogP contribution in [0.1, 0.15) is 0 Å². The van der Waals surface area contributed by atoms with Gasteiger partial charge in [0.2, 0.25) is 5.28 Å². The number of aromatic hydroxyl groups is 1. The van der Waals surface area contributed by atoms with E-state index in [0.717, 1.165) is 11.1 Å². The maximum Gasteiger partial charge on any atom is 0.222 e. The van der Waals surface area contributed by atoms with Crippen LogP contribution in [0.4, 0.5) is 0 Å². The smallest absolute Gasteiger partial charge is 0.222 e. The van der Waals surface area contributed by atoms with E-state index in [1.165, 1.54) is 20.2 Å². The first-order chi connectivity index (χ1) is 13.2. The zero-order chi connectivity index (χ0) is 18.4. The van der Waals surface area contributed by atoms with Gasteiger partial charge in [0, 0.05) is 31.9 Å². The third kappa shape index (κ3) is 2.74. The van der Waals surface area contributed by atoms with E-state index in [4.69, 9.17) is 11.6 Å². The quantitative estimate of drug-likeness (QED) is 0.349. The summed E-state index contributed by atoms with van der Waals surface area (Å²) in [5.74, 6) is 0.164. The molecular weight excluding hydrogens is 376 g/mol. The fourth-order valence-electron chi connectivity index (χ4n) is 3.37. The molecule has 0 saturated heterocycles. The Kier molecular flexibility index (Phi) is 3.81. The minimum absolute atomic E-state index is 0.156. The minimum atomic E-state index is 0.156. The van der Waals surface area contributed by atoms with Gasteiger partial charge in [-0.3, -0.25) is 0 Å². The molecule has 0 bridgehead atoms. The molecule has 0 amide bonds. The lowest BCUT2D eigenvalue weighted by atomic mass is 9.99. The molecule has 3 nitrogen and oxygen atoms in total. The third-order valence-electron chi connectivity index (χ3n) is 4.61. The van der Waals surface area contributed by atoms with Crippen LogP contribution in [-0.4, -0.2) is 15.1 Å². The molecule has 27 heavy (non-hydrogen) atoms. The highest BCUT2D eigenvalue weighted by molar-refractivity contribution is 7.26. The van der Waals surface area contributed by atoms with Gasteiger partial charge in [-0.15, -0.1) is 11.3 Å². The van der Waals surface area contributed by atoms with Crippen molar-refractivity contribution in [3.63, 3.8) is 0 Å². The first kappa shape index (κ1) is 16.2. The summed E-state index contributed by atoms with van der Waals surface area (Å²) in [5, 5.41) is 13.0. The van der Waals surface area contributed by atoms with Gasteiger partial charge in [-0.25, -0.2) is 9.97 Å². The van der Waals surface area contributed by atoms with Crippen LogP contribution in [0.2, 0.25) is 5.28 Å². The lowest BCUT2D eigenvalue weighted by Crippen LogP contribution is -1.88. The average molecular weight is 389 g/mol. The molecule has 5 rings (SSSR count). The molecule has 2 aromatic heterocycles. The number of hydrogen-bond acceptors (Lipinski definition) is 4. The number of fused-ring (bicyclic) bond motifs is 3. The van der Waals surface area contributed by atoms with Crippen LogP contribution in [0, 0.1) is 0 Å². The summed E-state index contributed by atoms with van der Waals surface area (Å²) < 4.78 is 2.50. The Morgan fingerprint density at radius 2 is 1.70 bits per heavy atom. The molecule has 0 saturated carbocycles. The lowest BCUT2D eigenvalue weighted by molar-refractivity contribution is 0.477. The number of aromatic nitrogens is 2. The van der Waals surface area contributed by atoms with Crippen LogP contribution in [-0.2, 0) is 0 Å². The maximum atomic E-state index is 10.4. The molecule has 0 aliphatic carbocycles. The fraction of sp³-hybridized carbons (Fsp3) is 0. The van der Waals surface area contributed by atoms with Gasteiger partial charge in [0.25, 0.3) is 0 Å². The van der Waals surface area contributed by atoms with Crippen molar-refractivity contribution in [1.29, 1.82) is 0 Å². The van der Waals surface area contributed by atoms with E-state index in [2.05, 4.69) is 52.4 Å². The Bertz CT molecular complexity index is 1310. The Labute approximate surface area is 164 Å². The summed E-state index contributed by atoms with van der Waals surface area (Å²) >= 11 is 7.71. The van der Waals surface area contributed by atoms with Crippen molar-refractivity contribution in [2.45, 2.75) is 0 Å². The normalized spacial score (nSPS) is 11.3. The highest BCUT2D eigenvalue weighted by Gasteiger charge is 2.13. The molecule has 5 aromatic rings. The van der Waals surface area contributed by atoms with E-state index in [-0.39, 0.29) is 11.0 Å². The van der Waals surface area contributed by atoms with Gasteiger partial charge in [-0.05, 0) is 47.0 Å². The van der Waals surface area contributed by atoms with Crippen LogP contribution >= 0.6 is 22.9 Å². The monoisotopic (exact) mass is 388 g/mol. The van der Waals surface area contributed by atoms with Crippen molar-refractivity contribution in [2.24, 2.45) is 0 Å². The average Bonchev–Trinajstić information content (AvgIpc) is 3.07. The molecular formula is C22H13ClN2OS. The van der Waals surface area contributed by atoms with Crippen LogP contribution in [0.5, 0.6) is 5.75 Å². The first-order valence-electron chi connectivity index (χ1n) is 8.43. The highest BCUT2D eigenvalue weighted by Crippen LogP contribution is 2.41. The Hall–Kier alpha value is -2.95. The van der Waals surface area contributed by atoms with Crippen molar-refractivity contribution in [2.75, 3.05) is 0 Å². The van der Waals surface area contributed by atoms with E-state index >= 15 is 0 Å². The number of thiophene rings is 1. The second-order valence-electron chi connectivity index (χ2n) is 6.22. The second-order valence-corrected chi connectivity index (χ2v) is 7.61. The molecule has 0 aliphatic rings. The first-order valence-corrected chi connectivity index (χ1v) is 9.63. The molecule has 2 heterocycles. The van der Waals surface area contributed by atoms with Crippen LogP contribution < -0.4 is 0 Å². The van der Waals surface area contributed by atoms with Crippen molar-refractivity contribution in [3.05, 3.63) is 78.2 Å². The Morgan fingerprint density at radius 1 is 0.852 bits per heavy atom. The summed E-state index contributed by atoms with van der Waals surface area (Å²) in [6.07, 6.45) is 1.59. The van der Waals surface area contributed by atoms with E-state index < -0.39 is 0 Å². The number of nitrogens with zero attached hydrogens (tertiary/aromatic N) is 2. The summed E-state index contributed by atoms with van der Waals surface area (Å²) in [6.45, 7) is 0. The fourth-order valence-corrected chi connectivity index (χ4v) is 4.75. The van der Waals surface area contributed by atoms with Crippen LogP contribution in [0.3, 0.4) is 0 Å². The lowest BCUT2D eigenvalue weighted by Gasteiger charge is -2.09. The predicted octanol–water partition coefficient (Wildman–Crippen LogP) is 6.54. The number of rotatable bonds is 2. The molecule has 0 aliphatic heterocycles. The van der Waals surface area contributed by atoms with Crippen LogP contribution in [0.15, 0.2) is 72.9 Å². The zero-order valence-electron chi connectivity index (χ0n) is 14.1. The molecule has 5 heteroatoms. The maximum absolute atomic E-state index is 10.4. The summed E-state index contributed by atoms with van der Waals surface area (Å²) in [4.78, 5) is 8.15. The summed E-state index contributed by atoms with van der Waals surface area (Å²) in [5.41, 5.74) is 3.39. The van der Waals surface area contributed by atoms with Crippen molar-refractivity contribution < 1.29 is 5.11 Å². The third-order valence-corrected chi connectivity index (χ3v) is 6.02. The second kappa shape index (κ2) is 6.34. The molecule has 130 valence electrons. The Morgan fingerprint density at radius 3 is 2.59 bits per heavy atom. The Balaban J connectivity index is 1.75. The van der Waals surface area contributed by atoms with Crippen molar-refractivity contribution >= 4 is 43.1 Å². The summed E-state index contributed by atoms with van der Waals surface area (Å²) in [7, 11) is 0. The SMILES string of the molecule is Oc1ccc(-c2cccc3c2sc2ccccc23)cc1-c1ccnc(Cl)n1. The molecule has 0 fully saturated rings. The van der Waals surface area contributed by atoms with Gasteiger partial charge in [0.15, 0.2) is 0 Å². The molecule has 0 unspecified atom stereocenters. The van der Waals surface area contributed by atoms with Gasteiger partial charge in [0.05, 0.1) is 5.69 Å². The number of halogens is 1. The topological polar surface area (TPSA) is 46.0 Å². The minimum Gasteiger partial charge on any atom is -0.507 e. The van der Waals surface area contributed by atoms with E-state index in [1.54, 1.807) is 29.7 Å². The van der Waals surface area contributed by atoms with E-state index in [1.807, 2.05) is 12.1 Å². The molecule has 0 spiro atoms. The van der Waals surface area contributed by atoms with Crippen molar-refractivity contribution in [3.8, 4) is 28.1 Å². The highest BCUT2D eigenvalue weighted by atomic mass is 35.5. The van der Waals surface area contributed by atoms with Crippen molar-refractivity contribution in [1.82, 2.24) is 9.97 Å². The number of phenols is 1. The van der Waals surface area contributed by atoms with Gasteiger partial charge < -0.3 is 5.11 Å². The van der Waals surface area contributed by atoms with E-state index in [0.29, 0.717) is 11.3 Å². The van der Waals surface area contributed by atoms with Gasteiger partial charge in [-0.2, -0.15) is 0 Å². The zero-order valence-corrected chi connectivity index (χ0v) is 15.6.